The molecule has 2 aromatic carbocycles. The van der Waals surface area contributed by atoms with E-state index in [2.05, 4.69) is 105 Å². The number of fused-ring (bicyclic) bond motifs is 2. The molecular weight excluding hydrogens is 380 g/mol. The Morgan fingerprint density at radius 1 is 0.806 bits per heavy atom. The Morgan fingerprint density at radius 2 is 1.55 bits per heavy atom. The fraction of sp³-hybridized carbons (Fsp3) is 0.321. The fourth-order valence-corrected chi connectivity index (χ4v) is 4.58. The highest BCUT2D eigenvalue weighted by Gasteiger charge is 2.20. The summed E-state index contributed by atoms with van der Waals surface area (Å²) in [5.41, 5.74) is 7.10. The summed E-state index contributed by atoms with van der Waals surface area (Å²) in [4.78, 5) is 2.36. The zero-order valence-corrected chi connectivity index (χ0v) is 19.4. The maximum Gasteiger partial charge on any atom is 0.203 e. The maximum atomic E-state index is 6.55. The summed E-state index contributed by atoms with van der Waals surface area (Å²) in [5.74, 6) is 0.937. The second-order valence-electron chi connectivity index (χ2n) is 8.00. The van der Waals surface area contributed by atoms with Gasteiger partial charge in [0.2, 0.25) is 5.36 Å². The Bertz CT molecular complexity index is 1240. The van der Waals surface area contributed by atoms with Crippen LogP contribution in [-0.4, -0.2) is 26.2 Å². The molecule has 1 heterocycles. The highest BCUT2D eigenvalue weighted by Crippen LogP contribution is 2.41. The normalized spacial score (nSPS) is 11.3. The minimum atomic E-state index is 0.937. The van der Waals surface area contributed by atoms with Crippen LogP contribution >= 0.6 is 0 Å². The highest BCUT2D eigenvalue weighted by molar-refractivity contribution is 6.03. The van der Waals surface area contributed by atoms with Crippen molar-refractivity contribution in [3.05, 3.63) is 71.6 Å². The third-order valence-electron chi connectivity index (χ3n) is 6.36. The lowest BCUT2D eigenvalue weighted by molar-refractivity contribution is 0.604. The molecule has 3 nitrogen and oxygen atoms in total. The topological polar surface area (TPSA) is 19.4 Å². The number of hydrogen-bond acceptors (Lipinski definition) is 2. The number of anilines is 1. The van der Waals surface area contributed by atoms with E-state index in [0.717, 1.165) is 48.5 Å². The van der Waals surface area contributed by atoms with Crippen molar-refractivity contribution in [1.82, 2.24) is 4.58 Å². The van der Waals surface area contributed by atoms with Crippen molar-refractivity contribution >= 4 is 16.7 Å². The lowest BCUT2D eigenvalue weighted by atomic mass is 9.91. The van der Waals surface area contributed by atoms with Gasteiger partial charge in [0.15, 0.2) is 0 Å². The van der Waals surface area contributed by atoms with Crippen molar-refractivity contribution in [3.63, 3.8) is 0 Å². The lowest BCUT2D eigenvalue weighted by Gasteiger charge is -2.22. The summed E-state index contributed by atoms with van der Waals surface area (Å²) in [6.07, 6.45) is 0. The molecular formula is C28H33N2O+. The zero-order chi connectivity index (χ0) is 22.0. The van der Waals surface area contributed by atoms with Crippen LogP contribution in [0.2, 0.25) is 0 Å². The van der Waals surface area contributed by atoms with E-state index >= 15 is 0 Å². The molecule has 160 valence electrons. The first-order valence-corrected chi connectivity index (χ1v) is 11.5. The van der Waals surface area contributed by atoms with Crippen molar-refractivity contribution < 1.29 is 4.42 Å². The van der Waals surface area contributed by atoms with Crippen LogP contribution in [0.5, 0.6) is 0 Å². The van der Waals surface area contributed by atoms with Crippen molar-refractivity contribution in [2.24, 2.45) is 0 Å². The first-order valence-electron chi connectivity index (χ1n) is 11.5. The number of aryl methyl sites for hydroxylation is 1. The van der Waals surface area contributed by atoms with Crippen molar-refractivity contribution in [1.29, 1.82) is 0 Å². The second kappa shape index (κ2) is 8.97. The van der Waals surface area contributed by atoms with E-state index < -0.39 is 0 Å². The van der Waals surface area contributed by atoms with Gasteiger partial charge in [0.05, 0.1) is 6.07 Å². The van der Waals surface area contributed by atoms with E-state index in [1.54, 1.807) is 0 Å². The van der Waals surface area contributed by atoms with Crippen LogP contribution in [0.4, 0.5) is 5.69 Å². The van der Waals surface area contributed by atoms with E-state index in [4.69, 9.17) is 4.42 Å². The van der Waals surface area contributed by atoms with Crippen molar-refractivity contribution in [2.75, 3.05) is 31.1 Å². The molecule has 0 radical (unpaired) electrons. The number of nitrogens with zero attached hydrogens (tertiary/aromatic N) is 2. The molecule has 0 aromatic heterocycles. The molecule has 31 heavy (non-hydrogen) atoms. The average Bonchev–Trinajstić information content (AvgIpc) is 2.79. The summed E-state index contributed by atoms with van der Waals surface area (Å²) in [6, 6.07) is 21.9. The summed E-state index contributed by atoms with van der Waals surface area (Å²) in [5, 5.41) is 2.37. The first-order chi connectivity index (χ1) is 15.1. The summed E-state index contributed by atoms with van der Waals surface area (Å²) >= 11 is 0. The Morgan fingerprint density at radius 3 is 2.23 bits per heavy atom. The molecule has 0 amide bonds. The van der Waals surface area contributed by atoms with Crippen LogP contribution in [-0.2, 0) is 0 Å². The van der Waals surface area contributed by atoms with Gasteiger partial charge in [-0.3, -0.25) is 0 Å². The predicted octanol–water partition coefficient (Wildman–Crippen LogP) is 6.17. The van der Waals surface area contributed by atoms with Gasteiger partial charge in [0.1, 0.15) is 24.4 Å². The standard InChI is InChI=1S/C28H33N2O/c1-6-29(7-2)21-14-16-24-26(18-21)31-27-19-22(30(8-3)9-4)15-17-25(27)28(24)23-13-11-10-12-20(23)5/h10-19H,6-9H2,1-5H3/q+1. The number of benzene rings is 3. The van der Waals surface area contributed by atoms with Gasteiger partial charge >= 0.3 is 0 Å². The van der Waals surface area contributed by atoms with E-state index in [0.29, 0.717) is 0 Å². The van der Waals surface area contributed by atoms with Gasteiger partial charge in [0.25, 0.3) is 0 Å². The molecule has 0 unspecified atom stereocenters. The number of hydrogen-bond donors (Lipinski definition) is 0. The third kappa shape index (κ3) is 3.85. The zero-order valence-electron chi connectivity index (χ0n) is 19.4. The van der Waals surface area contributed by atoms with Crippen LogP contribution in [0.3, 0.4) is 0 Å². The molecule has 1 aliphatic heterocycles. The lowest BCUT2D eigenvalue weighted by Crippen LogP contribution is -2.29. The molecule has 4 rings (SSSR count). The minimum absolute atomic E-state index is 0.937. The van der Waals surface area contributed by atoms with Crippen LogP contribution < -0.4 is 14.8 Å². The van der Waals surface area contributed by atoms with Gasteiger partial charge in [-0.15, -0.1) is 0 Å². The third-order valence-corrected chi connectivity index (χ3v) is 6.36. The maximum absolute atomic E-state index is 6.55. The molecule has 0 fully saturated rings. The summed E-state index contributed by atoms with van der Waals surface area (Å²) in [6.45, 7) is 14.9. The molecule has 0 N–H and O–H groups in total. The van der Waals surface area contributed by atoms with Gasteiger partial charge in [-0.05, 0) is 63.9 Å². The molecule has 3 heteroatoms. The fourth-order valence-electron chi connectivity index (χ4n) is 4.58. The van der Waals surface area contributed by atoms with Gasteiger partial charge < -0.3 is 9.32 Å². The van der Waals surface area contributed by atoms with Crippen LogP contribution in [0, 0.1) is 6.92 Å². The van der Waals surface area contributed by atoms with E-state index in [1.165, 1.54) is 27.7 Å². The molecule has 2 aromatic rings. The number of rotatable bonds is 6. The molecule has 2 aliphatic rings. The molecule has 0 bridgehead atoms. The summed E-state index contributed by atoms with van der Waals surface area (Å²) < 4.78 is 8.91. The predicted molar refractivity (Wildman–Crippen MR) is 133 cm³/mol. The van der Waals surface area contributed by atoms with E-state index in [9.17, 15) is 0 Å². The Balaban J connectivity index is 2.11. The van der Waals surface area contributed by atoms with E-state index in [1.807, 2.05) is 0 Å². The SMILES string of the molecule is CCN(CC)c1ccc2c(-c3ccccc3C)c3ccc(=[N+](CC)CC)cc-3oc2c1. The first kappa shape index (κ1) is 21.2. The van der Waals surface area contributed by atoms with Crippen molar-refractivity contribution in [2.45, 2.75) is 34.6 Å². The average molecular weight is 414 g/mol. The van der Waals surface area contributed by atoms with E-state index in [-0.39, 0.29) is 0 Å². The minimum Gasteiger partial charge on any atom is -0.456 e. The van der Waals surface area contributed by atoms with Crippen LogP contribution in [0.1, 0.15) is 33.3 Å². The quantitative estimate of drug-likeness (QED) is 0.278. The molecule has 0 spiro atoms. The Hall–Kier alpha value is -3.07. The monoisotopic (exact) mass is 413 g/mol. The summed E-state index contributed by atoms with van der Waals surface area (Å²) in [7, 11) is 0. The largest absolute Gasteiger partial charge is 0.456 e. The molecule has 0 saturated carbocycles. The smallest absolute Gasteiger partial charge is 0.203 e. The van der Waals surface area contributed by atoms with Gasteiger partial charge in [-0.1, -0.05) is 24.3 Å². The Kier molecular flexibility index (Phi) is 6.13. The Labute approximate surface area is 185 Å². The van der Waals surface area contributed by atoms with Crippen LogP contribution in [0.15, 0.2) is 65.1 Å². The molecule has 0 atom stereocenters. The molecule has 1 aliphatic carbocycles. The van der Waals surface area contributed by atoms with Crippen molar-refractivity contribution in [3.8, 4) is 22.5 Å². The van der Waals surface area contributed by atoms with Gasteiger partial charge in [0, 0.05) is 47.4 Å². The molecule has 0 saturated heterocycles. The second-order valence-corrected chi connectivity index (χ2v) is 8.00. The van der Waals surface area contributed by atoms with Gasteiger partial charge in [-0.2, -0.15) is 0 Å². The van der Waals surface area contributed by atoms with Gasteiger partial charge in [-0.25, -0.2) is 4.58 Å². The van der Waals surface area contributed by atoms with Crippen LogP contribution in [0.25, 0.3) is 33.4 Å². The highest BCUT2D eigenvalue weighted by atomic mass is 16.3.